The van der Waals surface area contributed by atoms with E-state index in [-0.39, 0.29) is 5.43 Å². The summed E-state index contributed by atoms with van der Waals surface area (Å²) in [5.74, 6) is 0.313. The Morgan fingerprint density at radius 1 is 1.18 bits per heavy atom. The first-order valence-electron chi connectivity index (χ1n) is 10.3. The van der Waals surface area contributed by atoms with Crippen LogP contribution in [0.4, 0.5) is 3.89 Å². The lowest BCUT2D eigenvalue weighted by Crippen LogP contribution is -2.11. The van der Waals surface area contributed by atoms with Gasteiger partial charge in [0.25, 0.3) is 0 Å². The van der Waals surface area contributed by atoms with E-state index in [0.29, 0.717) is 61.8 Å². The molecule has 5 rings (SSSR count). The van der Waals surface area contributed by atoms with Crippen molar-refractivity contribution in [3.8, 4) is 22.9 Å². The van der Waals surface area contributed by atoms with Crippen molar-refractivity contribution in [3.05, 3.63) is 64.6 Å². The number of H-pyrrole nitrogens is 1. The molecule has 0 amide bonds. The van der Waals surface area contributed by atoms with Crippen molar-refractivity contribution in [2.75, 3.05) is 7.11 Å². The largest absolute Gasteiger partial charge is 0.496 e. The molecular weight excluding hydrogens is 459 g/mol. The number of nitrogens with zero attached hydrogens (tertiary/aromatic N) is 3. The molecule has 0 fully saturated rings. The molecule has 8 nitrogen and oxygen atoms in total. The molecule has 0 bridgehead atoms. The summed E-state index contributed by atoms with van der Waals surface area (Å²) in [6, 6.07) is 11.7. The topological polar surface area (TPSA) is 118 Å². The van der Waals surface area contributed by atoms with Gasteiger partial charge in [-0.05, 0) is 37.3 Å². The molecule has 34 heavy (non-hydrogen) atoms. The maximum absolute atomic E-state index is 13.6. The van der Waals surface area contributed by atoms with Gasteiger partial charge in [-0.3, -0.25) is 9.78 Å². The molecule has 5 aromatic rings. The molecule has 170 valence electrons. The van der Waals surface area contributed by atoms with Crippen molar-refractivity contribution < 1.29 is 17.0 Å². The summed E-state index contributed by atoms with van der Waals surface area (Å²) in [6.45, 7) is 2.44. The number of benzene rings is 2. The minimum atomic E-state index is -4.95. The fraction of sp³-hybridized carbons (Fsp3) is 0.125. The monoisotopic (exact) mass is 476 g/mol. The van der Waals surface area contributed by atoms with Crippen molar-refractivity contribution in [3.63, 3.8) is 0 Å². The van der Waals surface area contributed by atoms with Crippen LogP contribution in [0.25, 0.3) is 44.0 Å². The highest BCUT2D eigenvalue weighted by Crippen LogP contribution is 2.36. The zero-order chi connectivity index (χ0) is 24.2. The number of nitrogens with one attached hydrogen (secondary N) is 1. The van der Waals surface area contributed by atoms with Gasteiger partial charge in [0.05, 0.1) is 35.0 Å². The molecule has 3 heterocycles. The first-order valence-corrected chi connectivity index (χ1v) is 11.6. The van der Waals surface area contributed by atoms with Crippen LogP contribution in [0.5, 0.6) is 5.75 Å². The number of methoxy groups -OCH3 is 1. The molecule has 0 spiro atoms. The van der Waals surface area contributed by atoms with Gasteiger partial charge in [-0.1, -0.05) is 6.07 Å². The van der Waals surface area contributed by atoms with E-state index in [9.17, 15) is 22.4 Å². The second-order valence-corrected chi connectivity index (χ2v) is 9.06. The van der Waals surface area contributed by atoms with E-state index in [1.54, 1.807) is 30.3 Å². The molecule has 3 aromatic heterocycles. The highest BCUT2D eigenvalue weighted by Gasteiger charge is 2.20. The van der Waals surface area contributed by atoms with Crippen LogP contribution in [0, 0.1) is 11.3 Å². The third-order valence-electron chi connectivity index (χ3n) is 5.88. The predicted octanol–water partition coefficient (Wildman–Crippen LogP) is 4.26. The van der Waals surface area contributed by atoms with Gasteiger partial charge in [0, 0.05) is 41.0 Å². The maximum Gasteiger partial charge on any atom is 0.333 e. The summed E-state index contributed by atoms with van der Waals surface area (Å²) >= 11 is 0. The molecule has 2 aromatic carbocycles. The number of hydrogen-bond donors (Lipinski definition) is 1. The van der Waals surface area contributed by atoms with Crippen LogP contribution in [-0.2, 0) is 16.8 Å². The first kappa shape index (κ1) is 21.6. The molecule has 0 aliphatic carbocycles. The Balaban J connectivity index is 1.90. The minimum Gasteiger partial charge on any atom is -0.496 e. The Morgan fingerprint density at radius 2 is 1.97 bits per heavy atom. The summed E-state index contributed by atoms with van der Waals surface area (Å²) in [6.07, 6.45) is 2.33. The maximum atomic E-state index is 13.6. The van der Waals surface area contributed by atoms with Crippen LogP contribution in [-0.4, -0.2) is 30.1 Å². The lowest BCUT2D eigenvalue weighted by molar-refractivity contribution is 0.417. The number of pyridine rings is 2. The van der Waals surface area contributed by atoms with Crippen LogP contribution in [0.15, 0.2) is 58.5 Å². The zero-order valence-corrected chi connectivity index (χ0v) is 18.9. The summed E-state index contributed by atoms with van der Waals surface area (Å²) in [5.41, 5.74) is 2.88. The molecule has 0 aliphatic rings. The van der Waals surface area contributed by atoms with Crippen LogP contribution < -0.4 is 10.2 Å². The van der Waals surface area contributed by atoms with Gasteiger partial charge in [-0.25, -0.2) is 0 Å². The molecule has 0 saturated carbocycles. The molecule has 0 unspecified atom stereocenters. The van der Waals surface area contributed by atoms with Crippen molar-refractivity contribution >= 4 is 43.1 Å². The van der Waals surface area contributed by atoms with E-state index in [0.717, 1.165) is 6.20 Å². The van der Waals surface area contributed by atoms with Gasteiger partial charge >= 0.3 is 10.2 Å². The van der Waals surface area contributed by atoms with Gasteiger partial charge in [0.2, 0.25) is 0 Å². The average Bonchev–Trinajstić information content (AvgIpc) is 3.21. The Bertz CT molecular complexity index is 1850. The van der Waals surface area contributed by atoms with Crippen LogP contribution in [0.3, 0.4) is 0 Å². The van der Waals surface area contributed by atoms with Gasteiger partial charge in [0.15, 0.2) is 5.43 Å². The number of nitriles is 1. The van der Waals surface area contributed by atoms with E-state index >= 15 is 0 Å². The third kappa shape index (κ3) is 3.21. The Hall–Kier alpha value is -4.23. The highest BCUT2D eigenvalue weighted by molar-refractivity contribution is 7.86. The lowest BCUT2D eigenvalue weighted by atomic mass is 10.0. The molecule has 10 heteroatoms. The standard InChI is InChI=1S/C24H17FN4O4S/c1-3-29-20-8-17(14-7-15(12-27-11-14)34(25,31)32)21(33-2)9-18(20)23(30)22-16-5-4-13(10-26)6-19(16)28-24(22)29/h4-9,11-12,28H,3H2,1-2H3. The molecular formula is C24H17FN4O4S. The van der Waals surface area contributed by atoms with Crippen LogP contribution in [0.1, 0.15) is 12.5 Å². The molecule has 1 N–H and O–H groups in total. The van der Waals surface area contributed by atoms with Gasteiger partial charge in [-0.15, -0.1) is 3.89 Å². The fourth-order valence-electron chi connectivity index (χ4n) is 4.34. The summed E-state index contributed by atoms with van der Waals surface area (Å²) < 4.78 is 43.8. The minimum absolute atomic E-state index is 0.214. The normalized spacial score (nSPS) is 11.8. The van der Waals surface area contributed by atoms with E-state index in [1.807, 2.05) is 11.5 Å². The summed E-state index contributed by atoms with van der Waals surface area (Å²) in [4.78, 5) is 20.1. The second-order valence-electron chi connectivity index (χ2n) is 7.71. The number of fused-ring (bicyclic) bond motifs is 4. The SMILES string of the molecule is CCn1c2cc(-c3cncc(S(=O)(=O)F)c3)c(OC)cc2c(=O)c2c3ccc(C#N)cc3[nH]c21. The number of hydrogen-bond acceptors (Lipinski definition) is 6. The number of halogens is 1. The third-order valence-corrected chi connectivity index (χ3v) is 6.67. The summed E-state index contributed by atoms with van der Waals surface area (Å²) in [5, 5.41) is 10.8. The van der Waals surface area contributed by atoms with Gasteiger partial charge < -0.3 is 14.3 Å². The predicted molar refractivity (Wildman–Crippen MR) is 126 cm³/mol. The fourth-order valence-corrected chi connectivity index (χ4v) is 4.79. The number of aromatic amines is 1. The Kier molecular flexibility index (Phi) is 4.88. The Morgan fingerprint density at radius 3 is 2.65 bits per heavy atom. The van der Waals surface area contributed by atoms with Gasteiger partial charge in [-0.2, -0.15) is 13.7 Å². The second kappa shape index (κ2) is 7.67. The quantitative estimate of drug-likeness (QED) is 0.387. The molecule has 0 aliphatic heterocycles. The van der Waals surface area contributed by atoms with Crippen molar-refractivity contribution in [2.45, 2.75) is 18.4 Å². The van der Waals surface area contributed by atoms with E-state index in [1.165, 1.54) is 19.4 Å². The van der Waals surface area contributed by atoms with E-state index in [4.69, 9.17) is 4.74 Å². The summed E-state index contributed by atoms with van der Waals surface area (Å²) in [7, 11) is -3.52. The lowest BCUT2D eigenvalue weighted by Gasteiger charge is -2.15. The van der Waals surface area contributed by atoms with Gasteiger partial charge in [0.1, 0.15) is 16.3 Å². The molecule has 0 atom stereocenters. The molecule has 0 radical (unpaired) electrons. The molecule has 0 saturated heterocycles. The van der Waals surface area contributed by atoms with Crippen LogP contribution in [0.2, 0.25) is 0 Å². The van der Waals surface area contributed by atoms with Crippen molar-refractivity contribution in [2.24, 2.45) is 0 Å². The number of aryl methyl sites for hydroxylation is 1. The average molecular weight is 476 g/mol. The smallest absolute Gasteiger partial charge is 0.333 e. The number of aromatic nitrogens is 3. The van der Waals surface area contributed by atoms with E-state index in [2.05, 4.69) is 16.0 Å². The van der Waals surface area contributed by atoms with Crippen LogP contribution >= 0.6 is 0 Å². The Labute approximate surface area is 193 Å². The highest BCUT2D eigenvalue weighted by atomic mass is 32.3. The van der Waals surface area contributed by atoms with Crippen molar-refractivity contribution in [1.82, 2.24) is 14.5 Å². The number of rotatable bonds is 4. The van der Waals surface area contributed by atoms with Crippen molar-refractivity contribution in [1.29, 1.82) is 5.26 Å². The first-order chi connectivity index (χ1) is 16.3. The van der Waals surface area contributed by atoms with E-state index < -0.39 is 15.1 Å². The zero-order valence-electron chi connectivity index (χ0n) is 18.1. The number of ether oxygens (including phenoxy) is 1.